The lowest BCUT2D eigenvalue weighted by atomic mass is 9.76. The van der Waals surface area contributed by atoms with E-state index in [-0.39, 0.29) is 37.3 Å². The SMILES string of the molecule is CC(=O)CC(=O)OCCOC(=O)C1CC2CC1C(C)C2C. The molecule has 118 valence electrons. The Morgan fingerprint density at radius 3 is 2.24 bits per heavy atom. The smallest absolute Gasteiger partial charge is 0.313 e. The van der Waals surface area contributed by atoms with Crippen molar-refractivity contribution < 1.29 is 23.9 Å². The molecule has 21 heavy (non-hydrogen) atoms. The van der Waals surface area contributed by atoms with Crippen molar-refractivity contribution in [3.05, 3.63) is 0 Å². The first kappa shape index (κ1) is 16.0. The van der Waals surface area contributed by atoms with Crippen molar-refractivity contribution in [1.82, 2.24) is 0 Å². The molecule has 2 saturated carbocycles. The van der Waals surface area contributed by atoms with Gasteiger partial charge in [-0.2, -0.15) is 0 Å². The van der Waals surface area contributed by atoms with Gasteiger partial charge in [-0.3, -0.25) is 14.4 Å². The maximum absolute atomic E-state index is 12.1. The van der Waals surface area contributed by atoms with Crippen molar-refractivity contribution in [3.63, 3.8) is 0 Å². The van der Waals surface area contributed by atoms with E-state index in [9.17, 15) is 14.4 Å². The third-order valence-electron chi connectivity index (χ3n) is 5.18. The Morgan fingerprint density at radius 2 is 1.67 bits per heavy atom. The van der Waals surface area contributed by atoms with Gasteiger partial charge >= 0.3 is 11.9 Å². The minimum absolute atomic E-state index is 0.00845. The van der Waals surface area contributed by atoms with Crippen LogP contribution in [-0.2, 0) is 23.9 Å². The van der Waals surface area contributed by atoms with Crippen molar-refractivity contribution in [2.75, 3.05) is 13.2 Å². The number of ketones is 1. The van der Waals surface area contributed by atoms with Crippen LogP contribution in [-0.4, -0.2) is 30.9 Å². The highest BCUT2D eigenvalue weighted by atomic mass is 16.6. The highest BCUT2D eigenvalue weighted by molar-refractivity contribution is 5.94. The average molecular weight is 296 g/mol. The van der Waals surface area contributed by atoms with Crippen LogP contribution in [0.4, 0.5) is 0 Å². The van der Waals surface area contributed by atoms with E-state index < -0.39 is 5.97 Å². The summed E-state index contributed by atoms with van der Waals surface area (Å²) in [7, 11) is 0. The van der Waals surface area contributed by atoms with Crippen LogP contribution in [0.25, 0.3) is 0 Å². The Morgan fingerprint density at radius 1 is 1.00 bits per heavy atom. The van der Waals surface area contributed by atoms with E-state index in [0.717, 1.165) is 12.8 Å². The second-order valence-corrected chi connectivity index (χ2v) is 6.49. The molecule has 5 unspecified atom stereocenters. The summed E-state index contributed by atoms with van der Waals surface area (Å²) < 4.78 is 10.0. The molecule has 2 rings (SSSR count). The van der Waals surface area contributed by atoms with Crippen LogP contribution < -0.4 is 0 Å². The summed E-state index contributed by atoms with van der Waals surface area (Å²) in [5, 5.41) is 0. The van der Waals surface area contributed by atoms with Crippen molar-refractivity contribution >= 4 is 17.7 Å². The van der Waals surface area contributed by atoms with Gasteiger partial charge in [0, 0.05) is 0 Å². The molecule has 2 aliphatic carbocycles. The summed E-state index contributed by atoms with van der Waals surface area (Å²) in [6, 6.07) is 0. The lowest BCUT2D eigenvalue weighted by molar-refractivity contribution is -0.157. The van der Waals surface area contributed by atoms with Crippen molar-refractivity contribution in [2.45, 2.75) is 40.0 Å². The van der Waals surface area contributed by atoms with E-state index in [2.05, 4.69) is 13.8 Å². The van der Waals surface area contributed by atoms with E-state index in [0.29, 0.717) is 23.7 Å². The number of hydrogen-bond donors (Lipinski definition) is 0. The van der Waals surface area contributed by atoms with Crippen LogP contribution in [0.5, 0.6) is 0 Å². The minimum atomic E-state index is -0.569. The quantitative estimate of drug-likeness (QED) is 0.426. The molecule has 0 amide bonds. The number of Topliss-reactive ketones (excluding diaryl/α,β-unsaturated/α-hetero) is 1. The van der Waals surface area contributed by atoms with Gasteiger partial charge in [0.1, 0.15) is 25.4 Å². The number of fused-ring (bicyclic) bond motifs is 2. The van der Waals surface area contributed by atoms with Crippen LogP contribution in [0.2, 0.25) is 0 Å². The summed E-state index contributed by atoms with van der Waals surface area (Å²) in [5.74, 6) is 1.41. The number of ether oxygens (including phenoxy) is 2. The Hall–Kier alpha value is -1.39. The lowest BCUT2D eigenvalue weighted by Gasteiger charge is -2.30. The standard InChI is InChI=1S/C16H24O5/c1-9(17)6-15(18)20-4-5-21-16(19)14-8-12-7-13(14)11(3)10(12)2/h10-14H,4-8H2,1-3H3. The fourth-order valence-corrected chi connectivity index (χ4v) is 3.87. The Balaban J connectivity index is 1.67. The molecule has 5 nitrogen and oxygen atoms in total. The molecule has 0 aromatic rings. The van der Waals surface area contributed by atoms with Crippen LogP contribution in [0.15, 0.2) is 0 Å². The maximum atomic E-state index is 12.1. The van der Waals surface area contributed by atoms with Gasteiger partial charge in [0.15, 0.2) is 0 Å². The molecule has 0 aromatic carbocycles. The zero-order valence-corrected chi connectivity index (χ0v) is 13.0. The first-order chi connectivity index (χ1) is 9.90. The molecule has 0 aromatic heterocycles. The molecule has 0 spiro atoms. The summed E-state index contributed by atoms with van der Waals surface area (Å²) in [4.78, 5) is 34.0. The van der Waals surface area contributed by atoms with Crippen molar-refractivity contribution in [3.8, 4) is 0 Å². The second-order valence-electron chi connectivity index (χ2n) is 6.49. The Bertz CT molecular complexity index is 428. The van der Waals surface area contributed by atoms with E-state index >= 15 is 0 Å². The topological polar surface area (TPSA) is 69.7 Å². The third kappa shape index (κ3) is 3.63. The largest absolute Gasteiger partial charge is 0.462 e. The zero-order valence-electron chi connectivity index (χ0n) is 13.0. The van der Waals surface area contributed by atoms with Gasteiger partial charge in [0.25, 0.3) is 0 Å². The van der Waals surface area contributed by atoms with Gasteiger partial charge in [-0.05, 0) is 43.4 Å². The van der Waals surface area contributed by atoms with E-state index in [1.807, 2.05) is 0 Å². The third-order valence-corrected chi connectivity index (χ3v) is 5.18. The van der Waals surface area contributed by atoms with Gasteiger partial charge < -0.3 is 9.47 Å². The predicted molar refractivity (Wildman–Crippen MR) is 75.2 cm³/mol. The first-order valence-electron chi connectivity index (χ1n) is 7.71. The Labute approximate surface area is 125 Å². The lowest BCUT2D eigenvalue weighted by Crippen LogP contribution is -2.31. The van der Waals surface area contributed by atoms with Gasteiger partial charge in [0.05, 0.1) is 5.92 Å². The fraction of sp³-hybridized carbons (Fsp3) is 0.812. The second kappa shape index (κ2) is 6.58. The highest BCUT2D eigenvalue weighted by Crippen LogP contribution is 2.55. The molecule has 2 aliphatic rings. The number of rotatable bonds is 6. The molecule has 5 heteroatoms. The molecule has 2 bridgehead atoms. The molecule has 0 heterocycles. The molecule has 0 saturated heterocycles. The minimum Gasteiger partial charge on any atom is -0.462 e. The molecular weight excluding hydrogens is 272 g/mol. The van der Waals surface area contributed by atoms with Crippen LogP contribution in [0.3, 0.4) is 0 Å². The van der Waals surface area contributed by atoms with Gasteiger partial charge in [-0.15, -0.1) is 0 Å². The maximum Gasteiger partial charge on any atom is 0.313 e. The molecule has 0 radical (unpaired) electrons. The highest BCUT2D eigenvalue weighted by Gasteiger charge is 2.51. The van der Waals surface area contributed by atoms with E-state index in [1.54, 1.807) is 0 Å². The van der Waals surface area contributed by atoms with Crippen molar-refractivity contribution in [1.29, 1.82) is 0 Å². The first-order valence-corrected chi connectivity index (χ1v) is 7.71. The zero-order chi connectivity index (χ0) is 15.6. The predicted octanol–water partition coefficient (Wildman–Crippen LogP) is 1.98. The summed E-state index contributed by atoms with van der Waals surface area (Å²) >= 11 is 0. The molecule has 2 fully saturated rings. The van der Waals surface area contributed by atoms with Gasteiger partial charge in [-0.1, -0.05) is 13.8 Å². The summed E-state index contributed by atoms with van der Waals surface area (Å²) in [5.41, 5.74) is 0. The van der Waals surface area contributed by atoms with Crippen LogP contribution in [0, 0.1) is 29.6 Å². The average Bonchev–Trinajstić information content (AvgIpc) is 2.95. The Kier molecular flexibility index (Phi) is 5.01. The summed E-state index contributed by atoms with van der Waals surface area (Å²) in [6.07, 6.45) is 1.84. The molecule has 0 N–H and O–H groups in total. The molecular formula is C16H24O5. The van der Waals surface area contributed by atoms with Gasteiger partial charge in [0.2, 0.25) is 0 Å². The number of hydrogen-bond acceptors (Lipinski definition) is 5. The van der Waals surface area contributed by atoms with Crippen molar-refractivity contribution in [2.24, 2.45) is 29.6 Å². The monoisotopic (exact) mass is 296 g/mol. The van der Waals surface area contributed by atoms with Gasteiger partial charge in [-0.25, -0.2) is 0 Å². The number of carbonyl (C=O) groups is 3. The van der Waals surface area contributed by atoms with E-state index in [4.69, 9.17) is 9.47 Å². The van der Waals surface area contributed by atoms with E-state index in [1.165, 1.54) is 6.92 Å². The van der Waals surface area contributed by atoms with Crippen LogP contribution >= 0.6 is 0 Å². The summed E-state index contributed by atoms with van der Waals surface area (Å²) in [6.45, 7) is 5.91. The number of esters is 2. The normalized spacial score (nSPS) is 33.8. The molecule has 0 aliphatic heterocycles. The fourth-order valence-electron chi connectivity index (χ4n) is 3.87. The van der Waals surface area contributed by atoms with Crippen LogP contribution in [0.1, 0.15) is 40.0 Å². The molecule has 5 atom stereocenters. The number of carbonyl (C=O) groups excluding carboxylic acids is 3.